The second kappa shape index (κ2) is 6.20. The van der Waals surface area contributed by atoms with Gasteiger partial charge in [0.15, 0.2) is 0 Å². The van der Waals surface area contributed by atoms with Gasteiger partial charge in [0.2, 0.25) is 10.0 Å². The lowest BCUT2D eigenvalue weighted by Crippen LogP contribution is -2.26. The van der Waals surface area contributed by atoms with Crippen molar-refractivity contribution >= 4 is 15.7 Å². The number of unbranched alkanes of at least 4 members (excludes halogenated alkanes) is 1. The maximum absolute atomic E-state index is 11.9. The van der Waals surface area contributed by atoms with Gasteiger partial charge in [0.25, 0.3) is 0 Å². The van der Waals surface area contributed by atoms with E-state index in [-0.39, 0.29) is 30.0 Å². The summed E-state index contributed by atoms with van der Waals surface area (Å²) in [6.45, 7) is -0.0766. The molecule has 0 aliphatic carbocycles. The van der Waals surface area contributed by atoms with Crippen molar-refractivity contribution in [2.75, 3.05) is 12.3 Å². The summed E-state index contributed by atoms with van der Waals surface area (Å²) in [5, 5.41) is 0. The van der Waals surface area contributed by atoms with E-state index >= 15 is 0 Å². The number of nitrogens with two attached hydrogens (primary N) is 1. The van der Waals surface area contributed by atoms with E-state index in [1.54, 1.807) is 0 Å². The number of hydrogen-bond acceptors (Lipinski definition) is 4. The first-order valence-electron chi connectivity index (χ1n) is 5.48. The van der Waals surface area contributed by atoms with E-state index in [0.717, 1.165) is 6.20 Å². The molecule has 0 saturated heterocycles. The normalized spacial score (nSPS) is 12.6. The van der Waals surface area contributed by atoms with E-state index in [0.29, 0.717) is 0 Å². The van der Waals surface area contributed by atoms with E-state index < -0.39 is 22.6 Å². The third-order valence-corrected chi connectivity index (χ3v) is 3.79. The zero-order chi connectivity index (χ0) is 14.5. The van der Waals surface area contributed by atoms with Gasteiger partial charge in [-0.2, -0.15) is 13.2 Å². The molecule has 1 rings (SSSR count). The molecule has 1 aromatic heterocycles. The Balaban J connectivity index is 2.47. The molecule has 0 spiro atoms. The van der Waals surface area contributed by atoms with Gasteiger partial charge in [-0.3, -0.25) is 4.98 Å². The fraction of sp³-hybridized carbons (Fsp3) is 0.500. The van der Waals surface area contributed by atoms with Crippen LogP contribution in [0.4, 0.5) is 18.9 Å². The molecule has 1 heterocycles. The van der Waals surface area contributed by atoms with Crippen LogP contribution in [-0.4, -0.2) is 26.1 Å². The second-order valence-corrected chi connectivity index (χ2v) is 5.62. The van der Waals surface area contributed by atoms with Crippen LogP contribution in [0.2, 0.25) is 0 Å². The summed E-state index contributed by atoms with van der Waals surface area (Å²) in [4.78, 5) is 3.47. The van der Waals surface area contributed by atoms with Crippen molar-refractivity contribution in [3.63, 3.8) is 0 Å². The third kappa shape index (κ3) is 5.43. The molecule has 9 heteroatoms. The second-order valence-electron chi connectivity index (χ2n) is 3.88. The topological polar surface area (TPSA) is 85.1 Å². The molecular formula is C10H14F3N3O2S. The molecule has 0 atom stereocenters. The molecule has 5 nitrogen and oxygen atoms in total. The molecule has 0 aliphatic heterocycles. The zero-order valence-corrected chi connectivity index (χ0v) is 10.8. The van der Waals surface area contributed by atoms with Crippen LogP contribution in [-0.2, 0) is 10.0 Å². The highest BCUT2D eigenvalue weighted by Crippen LogP contribution is 2.22. The number of halogens is 3. The molecule has 0 radical (unpaired) electrons. The van der Waals surface area contributed by atoms with E-state index in [9.17, 15) is 21.6 Å². The van der Waals surface area contributed by atoms with Crippen molar-refractivity contribution in [1.29, 1.82) is 0 Å². The smallest absolute Gasteiger partial charge is 0.389 e. The predicted molar refractivity (Wildman–Crippen MR) is 63.7 cm³/mol. The number of nitrogen functional groups attached to an aromatic ring is 1. The standard InChI is InChI=1S/C10H14F3N3O2S/c11-10(12,13)4-1-2-5-16-19(17,18)9-7-15-6-3-8(9)14/h3,6-7,16H,1-2,4-5H2,(H2,14,15). The molecule has 19 heavy (non-hydrogen) atoms. The number of rotatable bonds is 6. The number of anilines is 1. The Kier molecular flexibility index (Phi) is 5.12. The molecule has 0 bridgehead atoms. The van der Waals surface area contributed by atoms with Gasteiger partial charge in [-0.15, -0.1) is 0 Å². The minimum absolute atomic E-state index is 0.0396. The van der Waals surface area contributed by atoms with Crippen molar-refractivity contribution in [2.45, 2.75) is 30.3 Å². The Morgan fingerprint density at radius 1 is 1.32 bits per heavy atom. The largest absolute Gasteiger partial charge is 0.398 e. The first-order chi connectivity index (χ1) is 8.72. The number of nitrogens with one attached hydrogen (secondary N) is 1. The van der Waals surface area contributed by atoms with Gasteiger partial charge >= 0.3 is 6.18 Å². The van der Waals surface area contributed by atoms with Crippen molar-refractivity contribution < 1.29 is 21.6 Å². The van der Waals surface area contributed by atoms with E-state index in [1.807, 2.05) is 0 Å². The summed E-state index contributed by atoms with van der Waals surface area (Å²) in [6, 6.07) is 1.33. The van der Waals surface area contributed by atoms with Gasteiger partial charge in [-0.1, -0.05) is 0 Å². The molecule has 0 fully saturated rings. The summed E-state index contributed by atoms with van der Waals surface area (Å²) in [5.41, 5.74) is 5.53. The molecular weight excluding hydrogens is 283 g/mol. The molecule has 3 N–H and O–H groups in total. The quantitative estimate of drug-likeness (QED) is 0.782. The molecule has 0 aliphatic rings. The number of alkyl halides is 3. The lowest BCUT2D eigenvalue weighted by Gasteiger charge is -2.09. The highest BCUT2D eigenvalue weighted by atomic mass is 32.2. The molecule has 0 unspecified atom stereocenters. The van der Waals surface area contributed by atoms with E-state index in [1.165, 1.54) is 12.3 Å². The van der Waals surface area contributed by atoms with Gasteiger partial charge in [0.05, 0.1) is 5.69 Å². The van der Waals surface area contributed by atoms with Crippen LogP contribution in [0.1, 0.15) is 19.3 Å². The predicted octanol–water partition coefficient (Wildman–Crippen LogP) is 1.67. The van der Waals surface area contributed by atoms with Crippen molar-refractivity contribution in [1.82, 2.24) is 9.71 Å². The van der Waals surface area contributed by atoms with Crippen LogP contribution in [0.25, 0.3) is 0 Å². The Bertz CT molecular complexity index is 517. The van der Waals surface area contributed by atoms with Gasteiger partial charge in [-0.25, -0.2) is 13.1 Å². The van der Waals surface area contributed by atoms with Crippen molar-refractivity contribution in [3.05, 3.63) is 18.5 Å². The van der Waals surface area contributed by atoms with Gasteiger partial charge in [-0.05, 0) is 18.9 Å². The molecule has 1 aromatic rings. The summed E-state index contributed by atoms with van der Waals surface area (Å²) in [6.07, 6.45) is -2.74. The highest BCUT2D eigenvalue weighted by Gasteiger charge is 2.26. The molecule has 108 valence electrons. The van der Waals surface area contributed by atoms with Crippen LogP contribution in [0.15, 0.2) is 23.4 Å². The Labute approximate surface area is 109 Å². The lowest BCUT2D eigenvalue weighted by atomic mass is 10.2. The number of nitrogens with zero attached hydrogens (tertiary/aromatic N) is 1. The maximum Gasteiger partial charge on any atom is 0.389 e. The minimum Gasteiger partial charge on any atom is -0.398 e. The number of sulfonamides is 1. The minimum atomic E-state index is -4.22. The monoisotopic (exact) mass is 297 g/mol. The summed E-state index contributed by atoms with van der Waals surface area (Å²) in [7, 11) is -3.83. The van der Waals surface area contributed by atoms with Crippen LogP contribution in [0, 0.1) is 0 Å². The van der Waals surface area contributed by atoms with Crippen molar-refractivity contribution in [2.24, 2.45) is 0 Å². The summed E-state index contributed by atoms with van der Waals surface area (Å²) in [5.74, 6) is 0. The van der Waals surface area contributed by atoms with Gasteiger partial charge in [0, 0.05) is 25.4 Å². The zero-order valence-electron chi connectivity index (χ0n) is 9.94. The van der Waals surface area contributed by atoms with Crippen LogP contribution >= 0.6 is 0 Å². The molecule has 0 aromatic carbocycles. The molecule has 0 amide bonds. The van der Waals surface area contributed by atoms with Gasteiger partial charge < -0.3 is 5.73 Å². The van der Waals surface area contributed by atoms with E-state index in [4.69, 9.17) is 5.73 Å². The summed E-state index contributed by atoms with van der Waals surface area (Å²) >= 11 is 0. The Hall–Kier alpha value is -1.35. The van der Waals surface area contributed by atoms with Crippen molar-refractivity contribution in [3.8, 4) is 0 Å². The number of pyridine rings is 1. The van der Waals surface area contributed by atoms with E-state index in [2.05, 4.69) is 9.71 Å². The fourth-order valence-electron chi connectivity index (χ4n) is 1.35. The first-order valence-corrected chi connectivity index (χ1v) is 6.96. The first kappa shape index (κ1) is 15.7. The highest BCUT2D eigenvalue weighted by molar-refractivity contribution is 7.89. The molecule has 0 saturated carbocycles. The average molecular weight is 297 g/mol. The number of hydrogen-bond donors (Lipinski definition) is 2. The van der Waals surface area contributed by atoms with Crippen LogP contribution < -0.4 is 10.5 Å². The maximum atomic E-state index is 11.9. The Morgan fingerprint density at radius 3 is 2.58 bits per heavy atom. The fourth-order valence-corrected chi connectivity index (χ4v) is 2.50. The Morgan fingerprint density at radius 2 is 2.00 bits per heavy atom. The SMILES string of the molecule is Nc1ccncc1S(=O)(=O)NCCCCC(F)(F)F. The summed E-state index contributed by atoms with van der Waals surface area (Å²) < 4.78 is 61.3. The number of aromatic nitrogens is 1. The van der Waals surface area contributed by atoms with Crippen LogP contribution in [0.5, 0.6) is 0 Å². The average Bonchev–Trinajstić information content (AvgIpc) is 2.27. The van der Waals surface area contributed by atoms with Gasteiger partial charge in [0.1, 0.15) is 4.90 Å². The lowest BCUT2D eigenvalue weighted by molar-refractivity contribution is -0.135. The van der Waals surface area contributed by atoms with Crippen LogP contribution in [0.3, 0.4) is 0 Å². The third-order valence-electron chi connectivity index (χ3n) is 2.29.